The number of nitrogens with zero attached hydrogens (tertiary/aromatic N) is 3. The summed E-state index contributed by atoms with van der Waals surface area (Å²) in [5.74, 6) is 3.46. The Labute approximate surface area is 106 Å². The summed E-state index contributed by atoms with van der Waals surface area (Å²) in [4.78, 5) is 10.5. The lowest BCUT2D eigenvalue weighted by atomic mass is 10.2. The van der Waals surface area contributed by atoms with Gasteiger partial charge in [0.15, 0.2) is 5.17 Å². The topological polar surface area (TPSA) is 28.0 Å². The third-order valence-electron chi connectivity index (χ3n) is 2.22. The van der Waals surface area contributed by atoms with E-state index in [0.717, 1.165) is 10.9 Å². The van der Waals surface area contributed by atoms with Crippen molar-refractivity contribution < 1.29 is 0 Å². The lowest BCUT2D eigenvalue weighted by Crippen LogP contribution is -2.26. The average Bonchev–Trinajstić information content (AvgIpc) is 2.40. The van der Waals surface area contributed by atoms with Crippen molar-refractivity contribution in [2.75, 3.05) is 13.2 Å². The van der Waals surface area contributed by atoms with Crippen molar-refractivity contribution in [1.29, 1.82) is 0 Å². The van der Waals surface area contributed by atoms with Gasteiger partial charge in [-0.1, -0.05) is 48.0 Å². The van der Waals surface area contributed by atoms with E-state index in [4.69, 9.17) is 6.42 Å². The summed E-state index contributed by atoms with van der Waals surface area (Å²) in [6.45, 7) is 1.16. The molecule has 0 saturated heterocycles. The molecule has 1 aromatic rings. The first-order valence-corrected chi connectivity index (χ1v) is 6.30. The molecule has 0 unspecified atom stereocenters. The van der Waals surface area contributed by atoms with Crippen molar-refractivity contribution in [1.82, 2.24) is 4.90 Å². The Morgan fingerprint density at radius 1 is 1.35 bits per heavy atom. The van der Waals surface area contributed by atoms with Gasteiger partial charge in [-0.2, -0.15) is 0 Å². The molecule has 0 fully saturated rings. The van der Waals surface area contributed by atoms with E-state index in [0.29, 0.717) is 13.2 Å². The largest absolute Gasteiger partial charge is 0.332 e. The predicted molar refractivity (Wildman–Crippen MR) is 74.1 cm³/mol. The minimum absolute atomic E-state index is 0.559. The Balaban J connectivity index is 1.83. The maximum absolute atomic E-state index is 5.22. The minimum atomic E-state index is 0.559. The monoisotopic (exact) mass is 243 g/mol. The van der Waals surface area contributed by atoms with Crippen LogP contribution in [0.25, 0.3) is 0 Å². The lowest BCUT2D eigenvalue weighted by molar-refractivity contribution is 0.495. The summed E-state index contributed by atoms with van der Waals surface area (Å²) in [7, 11) is 0. The quantitative estimate of drug-likeness (QED) is 0.761. The zero-order chi connectivity index (χ0) is 11.9. The maximum Gasteiger partial charge on any atom is 0.186 e. The zero-order valence-electron chi connectivity index (χ0n) is 9.41. The van der Waals surface area contributed by atoms with Crippen molar-refractivity contribution >= 4 is 23.3 Å². The van der Waals surface area contributed by atoms with Crippen molar-refractivity contribution in [3.05, 3.63) is 35.9 Å². The molecule has 0 saturated carbocycles. The Hall–Kier alpha value is -1.73. The predicted octanol–water partition coefficient (Wildman–Crippen LogP) is 2.21. The molecule has 1 heterocycles. The molecule has 0 aromatic heterocycles. The van der Waals surface area contributed by atoms with Crippen LogP contribution < -0.4 is 0 Å². The highest BCUT2D eigenvalue weighted by atomic mass is 32.2. The molecular formula is C13H13N3S. The van der Waals surface area contributed by atoms with Crippen LogP contribution in [0.15, 0.2) is 40.3 Å². The van der Waals surface area contributed by atoms with Crippen LogP contribution in [0.1, 0.15) is 5.56 Å². The Bertz CT molecular complexity index is 459. The van der Waals surface area contributed by atoms with Crippen LogP contribution in [-0.4, -0.2) is 29.6 Å². The van der Waals surface area contributed by atoms with Gasteiger partial charge in [-0.15, -0.1) is 6.42 Å². The van der Waals surface area contributed by atoms with E-state index in [1.807, 2.05) is 23.1 Å². The summed E-state index contributed by atoms with van der Waals surface area (Å²) in [6.07, 6.45) is 6.99. The number of hydrogen-bond donors (Lipinski definition) is 0. The molecule has 1 aromatic carbocycles. The fraction of sp³-hybridized carbons (Fsp3) is 0.231. The van der Waals surface area contributed by atoms with Crippen LogP contribution in [-0.2, 0) is 5.75 Å². The summed E-state index contributed by atoms with van der Waals surface area (Å²) in [5, 5.41) is 0.821. The number of rotatable bonds is 3. The molecule has 17 heavy (non-hydrogen) atoms. The molecule has 0 aliphatic carbocycles. The molecule has 1 aliphatic heterocycles. The third-order valence-corrected chi connectivity index (χ3v) is 3.19. The van der Waals surface area contributed by atoms with Gasteiger partial charge in [-0.25, -0.2) is 9.98 Å². The second kappa shape index (κ2) is 6.12. The number of thioether (sulfide) groups is 1. The van der Waals surface area contributed by atoms with E-state index in [1.165, 1.54) is 5.56 Å². The number of amidine groups is 1. The Kier molecular flexibility index (Phi) is 4.23. The van der Waals surface area contributed by atoms with Crippen molar-refractivity contribution in [2.24, 2.45) is 9.98 Å². The second-order valence-corrected chi connectivity index (χ2v) is 4.49. The number of hydrogen-bond acceptors (Lipinski definition) is 4. The third kappa shape index (κ3) is 3.65. The molecule has 0 spiro atoms. The second-order valence-electron chi connectivity index (χ2n) is 3.55. The van der Waals surface area contributed by atoms with Crippen LogP contribution in [0.2, 0.25) is 0 Å². The van der Waals surface area contributed by atoms with Crippen molar-refractivity contribution in [3.63, 3.8) is 0 Å². The molecule has 86 valence electrons. The summed E-state index contributed by atoms with van der Waals surface area (Å²) >= 11 is 1.64. The van der Waals surface area contributed by atoms with Gasteiger partial charge >= 0.3 is 0 Å². The van der Waals surface area contributed by atoms with Crippen molar-refractivity contribution in [3.8, 4) is 12.3 Å². The van der Waals surface area contributed by atoms with Crippen LogP contribution in [0, 0.1) is 12.3 Å². The van der Waals surface area contributed by atoms with Gasteiger partial charge in [0.2, 0.25) is 0 Å². The first-order chi connectivity index (χ1) is 8.38. The highest BCUT2D eigenvalue weighted by Crippen LogP contribution is 2.15. The molecule has 0 bridgehead atoms. The van der Waals surface area contributed by atoms with E-state index >= 15 is 0 Å². The summed E-state index contributed by atoms with van der Waals surface area (Å²) in [5.41, 5.74) is 1.28. The fourth-order valence-corrected chi connectivity index (χ4v) is 2.13. The van der Waals surface area contributed by atoms with Gasteiger partial charge < -0.3 is 4.90 Å². The number of aliphatic imine (C=N–C) groups is 2. The molecule has 0 radical (unpaired) electrons. The minimum Gasteiger partial charge on any atom is -0.332 e. The SMILES string of the molecule is C#CCN1C=NC(SCc2ccccc2)=NC1. The van der Waals surface area contributed by atoms with Gasteiger partial charge in [0.05, 0.1) is 12.9 Å². The number of benzene rings is 1. The average molecular weight is 243 g/mol. The van der Waals surface area contributed by atoms with Crippen molar-refractivity contribution in [2.45, 2.75) is 5.75 Å². The molecule has 0 N–H and O–H groups in total. The van der Waals surface area contributed by atoms with Gasteiger partial charge in [0.1, 0.15) is 6.67 Å². The first-order valence-electron chi connectivity index (χ1n) is 5.31. The van der Waals surface area contributed by atoms with Crippen LogP contribution in [0.4, 0.5) is 0 Å². The molecule has 3 nitrogen and oxygen atoms in total. The van der Waals surface area contributed by atoms with E-state index in [1.54, 1.807) is 18.1 Å². The van der Waals surface area contributed by atoms with Gasteiger partial charge in [0.25, 0.3) is 0 Å². The van der Waals surface area contributed by atoms with Gasteiger partial charge in [-0.3, -0.25) is 0 Å². The number of terminal acetylenes is 1. The zero-order valence-corrected chi connectivity index (χ0v) is 10.2. The smallest absolute Gasteiger partial charge is 0.186 e. The van der Waals surface area contributed by atoms with Gasteiger partial charge in [-0.05, 0) is 5.56 Å². The van der Waals surface area contributed by atoms with E-state index < -0.39 is 0 Å². The van der Waals surface area contributed by atoms with E-state index in [2.05, 4.69) is 28.0 Å². The van der Waals surface area contributed by atoms with Crippen LogP contribution in [0.3, 0.4) is 0 Å². The molecule has 1 aliphatic rings. The highest BCUT2D eigenvalue weighted by molar-refractivity contribution is 8.13. The fourth-order valence-electron chi connectivity index (χ4n) is 1.37. The Morgan fingerprint density at radius 2 is 2.18 bits per heavy atom. The Morgan fingerprint density at radius 3 is 2.82 bits per heavy atom. The van der Waals surface area contributed by atoms with E-state index in [9.17, 15) is 0 Å². The molecule has 4 heteroatoms. The molecular weight excluding hydrogens is 230 g/mol. The van der Waals surface area contributed by atoms with Gasteiger partial charge in [0, 0.05) is 5.75 Å². The first kappa shape index (κ1) is 11.7. The molecule has 0 atom stereocenters. The summed E-state index contributed by atoms with van der Waals surface area (Å²) in [6, 6.07) is 10.3. The molecule has 2 rings (SSSR count). The van der Waals surface area contributed by atoms with Crippen LogP contribution in [0.5, 0.6) is 0 Å². The summed E-state index contributed by atoms with van der Waals surface area (Å²) < 4.78 is 0. The highest BCUT2D eigenvalue weighted by Gasteiger charge is 2.06. The standard InChI is InChI=1S/C13H13N3S/c1-2-8-16-10-14-13(15-11-16)17-9-12-6-4-3-5-7-12/h1,3-7,10H,8-9,11H2. The van der Waals surface area contributed by atoms with E-state index in [-0.39, 0.29) is 0 Å². The van der Waals surface area contributed by atoms with Crippen LogP contribution >= 0.6 is 11.8 Å². The molecule has 0 amide bonds. The maximum atomic E-state index is 5.22. The lowest BCUT2D eigenvalue weighted by Gasteiger charge is -2.17. The normalized spacial score (nSPS) is 14.3.